The lowest BCUT2D eigenvalue weighted by molar-refractivity contribution is 0.502. The van der Waals surface area contributed by atoms with Gasteiger partial charge in [0, 0.05) is 25.0 Å². The van der Waals surface area contributed by atoms with Gasteiger partial charge < -0.3 is 5.32 Å². The molecule has 1 unspecified atom stereocenters. The monoisotopic (exact) mass is 295 g/mol. The van der Waals surface area contributed by atoms with Gasteiger partial charge in [0.15, 0.2) is 0 Å². The number of aryl methyl sites for hydroxylation is 2. The van der Waals surface area contributed by atoms with Crippen molar-refractivity contribution >= 4 is 11.6 Å². The maximum absolute atomic E-state index is 13.6. The molecule has 0 saturated carbocycles. The van der Waals surface area contributed by atoms with Crippen LogP contribution < -0.4 is 5.32 Å². The molecule has 0 aliphatic rings. The van der Waals surface area contributed by atoms with Crippen LogP contribution >= 0.6 is 11.6 Å². The Morgan fingerprint density at radius 3 is 2.80 bits per heavy atom. The van der Waals surface area contributed by atoms with E-state index in [1.807, 2.05) is 30.8 Å². The number of benzene rings is 1. The molecule has 0 aliphatic heterocycles. The number of halogens is 2. The molecule has 1 heterocycles. The van der Waals surface area contributed by atoms with Gasteiger partial charge in [-0.1, -0.05) is 24.6 Å². The van der Waals surface area contributed by atoms with Crippen LogP contribution in [0.15, 0.2) is 30.5 Å². The minimum absolute atomic E-state index is 0.113. The molecule has 3 nitrogen and oxygen atoms in total. The Morgan fingerprint density at radius 1 is 1.40 bits per heavy atom. The molecule has 1 aromatic heterocycles. The van der Waals surface area contributed by atoms with Crippen molar-refractivity contribution in [2.75, 3.05) is 6.54 Å². The van der Waals surface area contributed by atoms with Crippen LogP contribution in [0, 0.1) is 5.82 Å². The van der Waals surface area contributed by atoms with Crippen LogP contribution in [-0.4, -0.2) is 16.3 Å². The molecule has 1 atom stereocenters. The van der Waals surface area contributed by atoms with Gasteiger partial charge in [-0.2, -0.15) is 5.10 Å². The molecule has 0 aliphatic carbocycles. The number of nitrogens with zero attached hydrogens (tertiary/aromatic N) is 2. The quantitative estimate of drug-likeness (QED) is 0.884. The molecule has 0 fully saturated rings. The first-order valence-corrected chi connectivity index (χ1v) is 7.14. The zero-order valence-corrected chi connectivity index (χ0v) is 12.5. The van der Waals surface area contributed by atoms with E-state index in [1.165, 1.54) is 11.8 Å². The number of hydrogen-bond acceptors (Lipinski definition) is 2. The fraction of sp³-hybridized carbons (Fsp3) is 0.400. The summed E-state index contributed by atoms with van der Waals surface area (Å²) in [5.74, 6) is -0.368. The largest absolute Gasteiger partial charge is 0.310 e. The third kappa shape index (κ3) is 3.58. The summed E-state index contributed by atoms with van der Waals surface area (Å²) < 4.78 is 15.5. The van der Waals surface area contributed by atoms with E-state index in [-0.39, 0.29) is 16.9 Å². The van der Waals surface area contributed by atoms with E-state index >= 15 is 0 Å². The van der Waals surface area contributed by atoms with Crippen LogP contribution in [0.2, 0.25) is 5.02 Å². The minimum Gasteiger partial charge on any atom is -0.310 e. The van der Waals surface area contributed by atoms with E-state index in [0.717, 1.165) is 24.9 Å². The highest BCUT2D eigenvalue weighted by Gasteiger charge is 2.13. The Morgan fingerprint density at radius 2 is 2.20 bits per heavy atom. The van der Waals surface area contributed by atoms with Crippen LogP contribution in [0.1, 0.15) is 30.6 Å². The lowest BCUT2D eigenvalue weighted by Crippen LogP contribution is -2.22. The standard InChI is InChI=1S/C15H19ClFN3/c1-3-18-15(7-5-12-8-9-19-20(12)2)11-4-6-13(16)14(17)10-11/h4,6,8-10,15,18H,3,5,7H2,1-2H3. The van der Waals surface area contributed by atoms with E-state index in [9.17, 15) is 4.39 Å². The molecule has 1 N–H and O–H groups in total. The maximum atomic E-state index is 13.6. The average Bonchev–Trinajstić information content (AvgIpc) is 2.83. The Hall–Kier alpha value is -1.39. The van der Waals surface area contributed by atoms with Crippen molar-refractivity contribution in [3.63, 3.8) is 0 Å². The minimum atomic E-state index is -0.368. The predicted molar refractivity (Wildman–Crippen MR) is 79.4 cm³/mol. The average molecular weight is 296 g/mol. The normalized spacial score (nSPS) is 12.6. The number of aromatic nitrogens is 2. The number of rotatable bonds is 6. The Balaban J connectivity index is 2.10. The topological polar surface area (TPSA) is 29.9 Å². The first-order valence-electron chi connectivity index (χ1n) is 6.77. The van der Waals surface area contributed by atoms with Crippen molar-refractivity contribution in [2.45, 2.75) is 25.8 Å². The molecule has 108 valence electrons. The summed E-state index contributed by atoms with van der Waals surface area (Å²) in [6.07, 6.45) is 3.56. The zero-order chi connectivity index (χ0) is 14.5. The van der Waals surface area contributed by atoms with Crippen LogP contribution in [0.5, 0.6) is 0 Å². The maximum Gasteiger partial charge on any atom is 0.142 e. The second kappa shape index (κ2) is 6.86. The molecule has 1 aromatic carbocycles. The summed E-state index contributed by atoms with van der Waals surface area (Å²) in [6.45, 7) is 2.88. The summed E-state index contributed by atoms with van der Waals surface area (Å²) >= 11 is 5.73. The first-order chi connectivity index (χ1) is 9.61. The van der Waals surface area contributed by atoms with Gasteiger partial charge in [-0.15, -0.1) is 0 Å². The van der Waals surface area contributed by atoms with Gasteiger partial charge in [0.25, 0.3) is 0 Å². The molecule has 0 saturated heterocycles. The van der Waals surface area contributed by atoms with Crippen LogP contribution in [0.4, 0.5) is 4.39 Å². The second-order valence-electron chi connectivity index (χ2n) is 4.77. The van der Waals surface area contributed by atoms with Gasteiger partial charge in [0.1, 0.15) is 5.82 Å². The van der Waals surface area contributed by atoms with E-state index < -0.39 is 0 Å². The summed E-state index contributed by atoms with van der Waals surface area (Å²) in [6, 6.07) is 7.12. The smallest absolute Gasteiger partial charge is 0.142 e. The zero-order valence-electron chi connectivity index (χ0n) is 11.7. The van der Waals surface area contributed by atoms with Crippen molar-refractivity contribution in [3.05, 3.63) is 52.6 Å². The molecular weight excluding hydrogens is 277 g/mol. The van der Waals surface area contributed by atoms with Gasteiger partial charge >= 0.3 is 0 Å². The van der Waals surface area contributed by atoms with Crippen molar-refractivity contribution < 1.29 is 4.39 Å². The molecule has 0 radical (unpaired) electrons. The summed E-state index contributed by atoms with van der Waals surface area (Å²) in [7, 11) is 1.93. The van der Waals surface area contributed by atoms with Crippen molar-refractivity contribution in [2.24, 2.45) is 7.05 Å². The number of nitrogens with one attached hydrogen (secondary N) is 1. The molecular formula is C15H19ClFN3. The Bertz CT molecular complexity index is 568. The third-order valence-corrected chi connectivity index (χ3v) is 3.71. The molecule has 0 amide bonds. The van der Waals surface area contributed by atoms with Gasteiger partial charge in [0.05, 0.1) is 5.02 Å². The Labute approximate surface area is 123 Å². The van der Waals surface area contributed by atoms with Gasteiger partial charge in [0.2, 0.25) is 0 Å². The molecule has 2 rings (SSSR count). The van der Waals surface area contributed by atoms with E-state index in [0.29, 0.717) is 0 Å². The van der Waals surface area contributed by atoms with Gasteiger partial charge in [-0.25, -0.2) is 4.39 Å². The van der Waals surface area contributed by atoms with Crippen LogP contribution in [0.25, 0.3) is 0 Å². The van der Waals surface area contributed by atoms with E-state index in [4.69, 9.17) is 11.6 Å². The summed E-state index contributed by atoms with van der Waals surface area (Å²) in [4.78, 5) is 0. The highest BCUT2D eigenvalue weighted by atomic mass is 35.5. The summed E-state index contributed by atoms with van der Waals surface area (Å²) in [5.41, 5.74) is 2.10. The predicted octanol–water partition coefficient (Wildman–Crippen LogP) is 3.50. The van der Waals surface area contributed by atoms with Crippen molar-refractivity contribution in [1.29, 1.82) is 0 Å². The number of hydrogen-bond donors (Lipinski definition) is 1. The second-order valence-corrected chi connectivity index (χ2v) is 5.18. The van der Waals surface area contributed by atoms with E-state index in [2.05, 4.69) is 10.4 Å². The lowest BCUT2D eigenvalue weighted by atomic mass is 10.0. The van der Waals surface area contributed by atoms with Gasteiger partial charge in [-0.05, 0) is 43.1 Å². The van der Waals surface area contributed by atoms with Crippen LogP contribution in [0.3, 0.4) is 0 Å². The molecule has 5 heteroatoms. The SMILES string of the molecule is CCNC(CCc1ccnn1C)c1ccc(Cl)c(F)c1. The summed E-state index contributed by atoms with van der Waals surface area (Å²) in [5, 5.41) is 7.71. The highest BCUT2D eigenvalue weighted by molar-refractivity contribution is 6.30. The molecule has 20 heavy (non-hydrogen) atoms. The highest BCUT2D eigenvalue weighted by Crippen LogP contribution is 2.23. The van der Waals surface area contributed by atoms with Gasteiger partial charge in [-0.3, -0.25) is 4.68 Å². The van der Waals surface area contributed by atoms with Crippen molar-refractivity contribution in [1.82, 2.24) is 15.1 Å². The molecule has 2 aromatic rings. The molecule has 0 bridgehead atoms. The molecule has 0 spiro atoms. The van der Waals surface area contributed by atoms with Crippen molar-refractivity contribution in [3.8, 4) is 0 Å². The lowest BCUT2D eigenvalue weighted by Gasteiger charge is -2.18. The first kappa shape index (κ1) is 15.0. The van der Waals surface area contributed by atoms with Crippen LogP contribution in [-0.2, 0) is 13.5 Å². The fourth-order valence-electron chi connectivity index (χ4n) is 2.30. The van der Waals surface area contributed by atoms with E-state index in [1.54, 1.807) is 12.3 Å². The Kier molecular flexibility index (Phi) is 5.15. The fourth-order valence-corrected chi connectivity index (χ4v) is 2.42. The third-order valence-electron chi connectivity index (χ3n) is 3.41.